The average Bonchev–Trinajstić information content (AvgIpc) is 2.47. The molecule has 0 aliphatic heterocycles. The van der Waals surface area contributed by atoms with Crippen LogP contribution in [0.4, 0.5) is 5.69 Å². The summed E-state index contributed by atoms with van der Waals surface area (Å²) in [6.07, 6.45) is 6.13. The highest BCUT2D eigenvalue weighted by molar-refractivity contribution is 5.92. The van der Waals surface area contributed by atoms with Crippen LogP contribution >= 0.6 is 0 Å². The van der Waals surface area contributed by atoms with Gasteiger partial charge in [-0.3, -0.25) is 4.79 Å². The van der Waals surface area contributed by atoms with Crippen LogP contribution in [0.1, 0.15) is 39.0 Å². The summed E-state index contributed by atoms with van der Waals surface area (Å²) in [5.74, 6) is 0.790. The Balaban J connectivity index is 1.79. The number of hydrogen-bond acceptors (Lipinski definition) is 3. The molecular formula is C16H24N2O2. The normalized spacial score (nSPS) is 17.5. The summed E-state index contributed by atoms with van der Waals surface area (Å²) < 4.78 is 5.09. The number of carbonyl (C=O) groups excluding carboxylic acids is 1. The van der Waals surface area contributed by atoms with Crippen LogP contribution in [0.25, 0.3) is 0 Å². The smallest absolute Gasteiger partial charge is 0.238 e. The Kier molecular flexibility index (Phi) is 5.01. The van der Waals surface area contributed by atoms with E-state index in [9.17, 15) is 4.79 Å². The van der Waals surface area contributed by atoms with Gasteiger partial charge in [-0.2, -0.15) is 0 Å². The molecule has 0 bridgehead atoms. The van der Waals surface area contributed by atoms with Gasteiger partial charge in [0.05, 0.1) is 13.7 Å². The first-order chi connectivity index (χ1) is 9.61. The predicted molar refractivity (Wildman–Crippen MR) is 81.1 cm³/mol. The van der Waals surface area contributed by atoms with Gasteiger partial charge in [0.15, 0.2) is 0 Å². The largest absolute Gasteiger partial charge is 0.497 e. The van der Waals surface area contributed by atoms with Gasteiger partial charge in [-0.05, 0) is 44.0 Å². The Labute approximate surface area is 120 Å². The summed E-state index contributed by atoms with van der Waals surface area (Å²) in [4.78, 5) is 11.9. The maximum atomic E-state index is 11.9. The number of ether oxygens (including phenoxy) is 1. The van der Waals surface area contributed by atoms with Crippen LogP contribution in [0.2, 0.25) is 0 Å². The van der Waals surface area contributed by atoms with Crippen molar-refractivity contribution in [3.8, 4) is 5.75 Å². The first-order valence-corrected chi connectivity index (χ1v) is 7.30. The zero-order valence-corrected chi connectivity index (χ0v) is 12.4. The van der Waals surface area contributed by atoms with Gasteiger partial charge in [0, 0.05) is 11.2 Å². The van der Waals surface area contributed by atoms with Crippen LogP contribution in [0, 0.1) is 0 Å². The minimum absolute atomic E-state index is 0.00182. The molecule has 0 atom stereocenters. The SMILES string of the molecule is COc1ccc(NC(=O)CNC2(C)CCCCC2)cc1. The molecule has 2 N–H and O–H groups in total. The van der Waals surface area contributed by atoms with Crippen molar-refractivity contribution >= 4 is 11.6 Å². The molecule has 110 valence electrons. The Bertz CT molecular complexity index is 436. The summed E-state index contributed by atoms with van der Waals surface area (Å²) in [5.41, 5.74) is 0.918. The van der Waals surface area contributed by atoms with E-state index >= 15 is 0 Å². The van der Waals surface area contributed by atoms with Gasteiger partial charge in [-0.15, -0.1) is 0 Å². The third-order valence-corrected chi connectivity index (χ3v) is 4.01. The van der Waals surface area contributed by atoms with Crippen LogP contribution in [-0.2, 0) is 4.79 Å². The van der Waals surface area contributed by atoms with Crippen molar-refractivity contribution in [2.45, 2.75) is 44.6 Å². The van der Waals surface area contributed by atoms with Crippen molar-refractivity contribution in [3.63, 3.8) is 0 Å². The minimum Gasteiger partial charge on any atom is -0.497 e. The molecule has 1 aromatic rings. The molecule has 1 saturated carbocycles. The van der Waals surface area contributed by atoms with Gasteiger partial charge in [0.25, 0.3) is 0 Å². The first-order valence-electron chi connectivity index (χ1n) is 7.30. The molecule has 20 heavy (non-hydrogen) atoms. The Morgan fingerprint density at radius 1 is 1.20 bits per heavy atom. The molecule has 0 heterocycles. The fraction of sp³-hybridized carbons (Fsp3) is 0.562. The molecule has 4 heteroatoms. The predicted octanol–water partition coefficient (Wildman–Crippen LogP) is 2.95. The molecule has 0 saturated heterocycles. The number of carbonyl (C=O) groups is 1. The fourth-order valence-electron chi connectivity index (χ4n) is 2.68. The molecular weight excluding hydrogens is 252 g/mol. The maximum Gasteiger partial charge on any atom is 0.238 e. The van der Waals surface area contributed by atoms with E-state index in [4.69, 9.17) is 4.74 Å². The number of rotatable bonds is 5. The van der Waals surface area contributed by atoms with Gasteiger partial charge in [0.2, 0.25) is 5.91 Å². The molecule has 1 aliphatic rings. The third kappa shape index (κ3) is 4.23. The second-order valence-electron chi connectivity index (χ2n) is 5.75. The highest BCUT2D eigenvalue weighted by Gasteiger charge is 2.26. The number of hydrogen-bond donors (Lipinski definition) is 2. The lowest BCUT2D eigenvalue weighted by molar-refractivity contribution is -0.115. The number of anilines is 1. The van der Waals surface area contributed by atoms with Crippen LogP contribution in [0.5, 0.6) is 5.75 Å². The van der Waals surface area contributed by atoms with Crippen LogP contribution in [-0.4, -0.2) is 25.1 Å². The lowest BCUT2D eigenvalue weighted by atomic mass is 9.83. The van der Waals surface area contributed by atoms with E-state index in [-0.39, 0.29) is 11.4 Å². The number of benzene rings is 1. The molecule has 1 aromatic carbocycles. The molecule has 1 fully saturated rings. The van der Waals surface area contributed by atoms with Gasteiger partial charge in [-0.1, -0.05) is 19.3 Å². The minimum atomic E-state index is 0.00182. The standard InChI is InChI=1S/C16H24N2O2/c1-16(10-4-3-5-11-16)17-12-15(19)18-13-6-8-14(20-2)9-7-13/h6-9,17H,3-5,10-12H2,1-2H3,(H,18,19). The lowest BCUT2D eigenvalue weighted by Gasteiger charge is -2.34. The fourth-order valence-corrected chi connectivity index (χ4v) is 2.68. The Morgan fingerprint density at radius 3 is 2.45 bits per heavy atom. The quantitative estimate of drug-likeness (QED) is 0.869. The number of methoxy groups -OCH3 is 1. The molecule has 0 aromatic heterocycles. The highest BCUT2D eigenvalue weighted by atomic mass is 16.5. The van der Waals surface area contributed by atoms with Crippen LogP contribution in [0.3, 0.4) is 0 Å². The zero-order valence-electron chi connectivity index (χ0n) is 12.4. The summed E-state index contributed by atoms with van der Waals surface area (Å²) in [5, 5.41) is 6.30. The summed E-state index contributed by atoms with van der Waals surface area (Å²) in [6, 6.07) is 7.37. The van der Waals surface area contributed by atoms with Crippen molar-refractivity contribution in [1.82, 2.24) is 5.32 Å². The van der Waals surface area contributed by atoms with E-state index in [1.165, 1.54) is 19.3 Å². The van der Waals surface area contributed by atoms with Crippen molar-refractivity contribution in [3.05, 3.63) is 24.3 Å². The van der Waals surface area contributed by atoms with Gasteiger partial charge in [-0.25, -0.2) is 0 Å². The highest BCUT2D eigenvalue weighted by Crippen LogP contribution is 2.27. The number of amides is 1. The third-order valence-electron chi connectivity index (χ3n) is 4.01. The summed E-state index contributed by atoms with van der Waals surface area (Å²) in [7, 11) is 1.63. The van der Waals surface area contributed by atoms with E-state index in [0.29, 0.717) is 6.54 Å². The van der Waals surface area contributed by atoms with E-state index in [1.54, 1.807) is 7.11 Å². The Morgan fingerprint density at radius 2 is 1.85 bits per heavy atom. The van der Waals surface area contributed by atoms with E-state index in [2.05, 4.69) is 17.6 Å². The van der Waals surface area contributed by atoms with Gasteiger partial charge in [0.1, 0.15) is 5.75 Å². The molecule has 1 aliphatic carbocycles. The van der Waals surface area contributed by atoms with Gasteiger partial charge < -0.3 is 15.4 Å². The van der Waals surface area contributed by atoms with Crippen molar-refractivity contribution < 1.29 is 9.53 Å². The monoisotopic (exact) mass is 276 g/mol. The van der Waals surface area contributed by atoms with Crippen molar-refractivity contribution in [1.29, 1.82) is 0 Å². The molecule has 0 unspecified atom stereocenters. The van der Waals surface area contributed by atoms with E-state index < -0.39 is 0 Å². The molecule has 0 radical (unpaired) electrons. The summed E-state index contributed by atoms with van der Waals surface area (Å²) in [6.45, 7) is 2.58. The second-order valence-corrected chi connectivity index (χ2v) is 5.75. The maximum absolute atomic E-state index is 11.9. The average molecular weight is 276 g/mol. The Hall–Kier alpha value is -1.55. The van der Waals surface area contributed by atoms with Gasteiger partial charge >= 0.3 is 0 Å². The van der Waals surface area contributed by atoms with Crippen molar-refractivity contribution in [2.75, 3.05) is 19.0 Å². The van der Waals surface area contributed by atoms with Crippen molar-refractivity contribution in [2.24, 2.45) is 0 Å². The molecule has 4 nitrogen and oxygen atoms in total. The molecule has 2 rings (SSSR count). The molecule has 1 amide bonds. The molecule has 0 spiro atoms. The lowest BCUT2D eigenvalue weighted by Crippen LogP contribution is -2.47. The van der Waals surface area contributed by atoms with E-state index in [1.807, 2.05) is 24.3 Å². The zero-order chi connectivity index (χ0) is 14.4. The second kappa shape index (κ2) is 6.75. The van der Waals surface area contributed by atoms with Crippen LogP contribution < -0.4 is 15.4 Å². The summed E-state index contributed by atoms with van der Waals surface area (Å²) >= 11 is 0. The number of nitrogens with one attached hydrogen (secondary N) is 2. The first kappa shape index (κ1) is 14.9. The van der Waals surface area contributed by atoms with Crippen LogP contribution in [0.15, 0.2) is 24.3 Å². The van der Waals surface area contributed by atoms with E-state index in [0.717, 1.165) is 24.3 Å². The topological polar surface area (TPSA) is 50.4 Å².